The van der Waals surface area contributed by atoms with E-state index in [0.29, 0.717) is 25.8 Å². The van der Waals surface area contributed by atoms with Gasteiger partial charge in [0, 0.05) is 19.4 Å². The van der Waals surface area contributed by atoms with E-state index >= 15 is 0 Å². The molecule has 2 aromatic rings. The molecule has 0 radical (unpaired) electrons. The summed E-state index contributed by atoms with van der Waals surface area (Å²) in [5.41, 5.74) is 1.12. The Hall–Kier alpha value is -2.14. The zero-order valence-corrected chi connectivity index (χ0v) is 14.0. The number of thiophene rings is 1. The van der Waals surface area contributed by atoms with Crippen LogP contribution in [0.5, 0.6) is 5.75 Å². The number of amides is 1. The topological polar surface area (TPSA) is 55.4 Å². The molecule has 0 aliphatic heterocycles. The molecule has 23 heavy (non-hydrogen) atoms. The number of rotatable bonds is 9. The zero-order valence-electron chi connectivity index (χ0n) is 13.2. The van der Waals surface area contributed by atoms with E-state index in [1.54, 1.807) is 7.11 Å². The van der Waals surface area contributed by atoms with Crippen molar-refractivity contribution in [1.82, 2.24) is 5.32 Å². The van der Waals surface area contributed by atoms with Crippen molar-refractivity contribution in [3.63, 3.8) is 0 Å². The third kappa shape index (κ3) is 5.87. The van der Waals surface area contributed by atoms with Crippen molar-refractivity contribution >= 4 is 23.0 Å². The summed E-state index contributed by atoms with van der Waals surface area (Å²) in [7, 11) is 1.64. The number of carbonyl (C=O) groups is 2. The molecular formula is C18H21NO3S. The van der Waals surface area contributed by atoms with Crippen molar-refractivity contribution in [2.75, 3.05) is 13.7 Å². The van der Waals surface area contributed by atoms with E-state index in [-0.39, 0.29) is 11.7 Å². The Kier molecular flexibility index (Phi) is 6.81. The van der Waals surface area contributed by atoms with Crippen LogP contribution in [0.2, 0.25) is 0 Å². The molecule has 0 bridgehead atoms. The standard InChI is InChI=1S/C18H21NO3S/c1-22-15-6-2-5-14(13-15)10-11-19-18(21)9-3-7-16(20)17-8-4-12-23-17/h2,4-6,8,12-13H,3,7,9-11H2,1H3,(H,19,21). The lowest BCUT2D eigenvalue weighted by Crippen LogP contribution is -2.25. The molecule has 5 heteroatoms. The summed E-state index contributed by atoms with van der Waals surface area (Å²) in [6.45, 7) is 0.588. The van der Waals surface area contributed by atoms with E-state index in [2.05, 4.69) is 5.32 Å². The average Bonchev–Trinajstić information content (AvgIpc) is 3.09. The largest absolute Gasteiger partial charge is 0.497 e. The molecule has 1 N–H and O–H groups in total. The van der Waals surface area contributed by atoms with Crippen LogP contribution in [-0.2, 0) is 11.2 Å². The number of methoxy groups -OCH3 is 1. The van der Waals surface area contributed by atoms with Gasteiger partial charge in [0.15, 0.2) is 5.78 Å². The van der Waals surface area contributed by atoms with Crippen LogP contribution >= 0.6 is 11.3 Å². The molecular weight excluding hydrogens is 310 g/mol. The molecule has 0 aliphatic rings. The van der Waals surface area contributed by atoms with Crippen molar-refractivity contribution in [3.05, 3.63) is 52.2 Å². The lowest BCUT2D eigenvalue weighted by Gasteiger charge is -2.06. The molecule has 2 rings (SSSR count). The SMILES string of the molecule is COc1cccc(CCNC(=O)CCCC(=O)c2cccs2)c1. The summed E-state index contributed by atoms with van der Waals surface area (Å²) in [5.74, 6) is 0.928. The molecule has 1 amide bonds. The maximum Gasteiger partial charge on any atom is 0.220 e. The summed E-state index contributed by atoms with van der Waals surface area (Å²) in [4.78, 5) is 24.4. The second-order valence-corrected chi connectivity index (χ2v) is 6.15. The predicted molar refractivity (Wildman–Crippen MR) is 92.2 cm³/mol. The minimum absolute atomic E-state index is 0.00752. The summed E-state index contributed by atoms with van der Waals surface area (Å²) >= 11 is 1.44. The van der Waals surface area contributed by atoms with Gasteiger partial charge >= 0.3 is 0 Å². The number of benzene rings is 1. The highest BCUT2D eigenvalue weighted by atomic mass is 32.1. The number of ether oxygens (including phenoxy) is 1. The van der Waals surface area contributed by atoms with Crippen LogP contribution in [0.4, 0.5) is 0 Å². The van der Waals surface area contributed by atoms with E-state index in [1.807, 2.05) is 41.8 Å². The molecule has 1 aromatic heterocycles. The lowest BCUT2D eigenvalue weighted by molar-refractivity contribution is -0.121. The van der Waals surface area contributed by atoms with Gasteiger partial charge in [-0.2, -0.15) is 0 Å². The first-order valence-corrected chi connectivity index (χ1v) is 8.53. The van der Waals surface area contributed by atoms with Gasteiger partial charge in [0.1, 0.15) is 5.75 Å². The van der Waals surface area contributed by atoms with Crippen LogP contribution in [0.15, 0.2) is 41.8 Å². The third-order valence-corrected chi connectivity index (χ3v) is 4.38. The first kappa shape index (κ1) is 17.2. The second-order valence-electron chi connectivity index (χ2n) is 5.21. The van der Waals surface area contributed by atoms with Gasteiger partial charge < -0.3 is 10.1 Å². The van der Waals surface area contributed by atoms with Gasteiger partial charge in [-0.05, 0) is 42.0 Å². The Bertz CT molecular complexity index is 637. The van der Waals surface area contributed by atoms with Gasteiger partial charge in [0.25, 0.3) is 0 Å². The van der Waals surface area contributed by atoms with Gasteiger partial charge in [0.2, 0.25) is 5.91 Å². The Morgan fingerprint density at radius 1 is 1.17 bits per heavy atom. The van der Waals surface area contributed by atoms with Crippen molar-refractivity contribution in [2.24, 2.45) is 0 Å². The van der Waals surface area contributed by atoms with E-state index < -0.39 is 0 Å². The van der Waals surface area contributed by atoms with E-state index in [9.17, 15) is 9.59 Å². The Morgan fingerprint density at radius 3 is 2.78 bits per heavy atom. The molecule has 122 valence electrons. The molecule has 0 atom stereocenters. The number of nitrogens with one attached hydrogen (secondary N) is 1. The van der Waals surface area contributed by atoms with Crippen LogP contribution in [0.3, 0.4) is 0 Å². The summed E-state index contributed by atoms with van der Waals surface area (Å²) in [6.07, 6.45) is 2.15. The molecule has 4 nitrogen and oxygen atoms in total. The van der Waals surface area contributed by atoms with Gasteiger partial charge in [-0.1, -0.05) is 18.2 Å². The molecule has 0 unspecified atom stereocenters. The molecule has 0 aliphatic carbocycles. The summed E-state index contributed by atoms with van der Waals surface area (Å²) < 4.78 is 5.17. The number of hydrogen-bond acceptors (Lipinski definition) is 4. The highest BCUT2D eigenvalue weighted by molar-refractivity contribution is 7.12. The number of hydrogen-bond donors (Lipinski definition) is 1. The highest BCUT2D eigenvalue weighted by Crippen LogP contribution is 2.14. The number of ketones is 1. The molecule has 1 heterocycles. The predicted octanol–water partition coefficient (Wildman–Crippen LogP) is 3.47. The number of carbonyl (C=O) groups excluding carboxylic acids is 2. The van der Waals surface area contributed by atoms with Crippen molar-refractivity contribution in [2.45, 2.75) is 25.7 Å². The lowest BCUT2D eigenvalue weighted by atomic mass is 10.1. The van der Waals surface area contributed by atoms with Crippen LogP contribution in [0.1, 0.15) is 34.5 Å². The summed E-state index contributed by atoms with van der Waals surface area (Å²) in [5, 5.41) is 4.78. The molecule has 1 aromatic carbocycles. The van der Waals surface area contributed by atoms with E-state index in [1.165, 1.54) is 11.3 Å². The fraction of sp³-hybridized carbons (Fsp3) is 0.333. The number of Topliss-reactive ketones (excluding diaryl/α,β-unsaturated/α-hetero) is 1. The van der Waals surface area contributed by atoms with Crippen LogP contribution in [0, 0.1) is 0 Å². The Morgan fingerprint density at radius 2 is 2.04 bits per heavy atom. The van der Waals surface area contributed by atoms with E-state index in [4.69, 9.17) is 4.74 Å². The van der Waals surface area contributed by atoms with Crippen molar-refractivity contribution < 1.29 is 14.3 Å². The minimum Gasteiger partial charge on any atom is -0.497 e. The highest BCUT2D eigenvalue weighted by Gasteiger charge is 2.08. The normalized spacial score (nSPS) is 10.3. The summed E-state index contributed by atoms with van der Waals surface area (Å²) in [6, 6.07) is 11.5. The van der Waals surface area contributed by atoms with E-state index in [0.717, 1.165) is 22.6 Å². The quantitative estimate of drug-likeness (QED) is 0.716. The Labute approximate surface area is 140 Å². The maximum atomic E-state index is 11.8. The molecule has 0 spiro atoms. The minimum atomic E-state index is -0.00752. The van der Waals surface area contributed by atoms with Gasteiger partial charge in [0.05, 0.1) is 12.0 Å². The van der Waals surface area contributed by atoms with Gasteiger partial charge in [-0.25, -0.2) is 0 Å². The first-order valence-electron chi connectivity index (χ1n) is 7.65. The third-order valence-electron chi connectivity index (χ3n) is 3.47. The fourth-order valence-corrected chi connectivity index (χ4v) is 2.93. The van der Waals surface area contributed by atoms with Gasteiger partial charge in [-0.15, -0.1) is 11.3 Å². The molecule has 0 saturated carbocycles. The van der Waals surface area contributed by atoms with Gasteiger partial charge in [-0.3, -0.25) is 9.59 Å². The molecule has 0 fully saturated rings. The second kappa shape index (κ2) is 9.10. The fourth-order valence-electron chi connectivity index (χ4n) is 2.23. The maximum absolute atomic E-state index is 11.8. The molecule has 0 saturated heterocycles. The van der Waals surface area contributed by atoms with Crippen LogP contribution in [0.25, 0.3) is 0 Å². The van der Waals surface area contributed by atoms with Crippen molar-refractivity contribution in [1.29, 1.82) is 0 Å². The first-order chi connectivity index (χ1) is 11.2. The van der Waals surface area contributed by atoms with Crippen LogP contribution in [-0.4, -0.2) is 25.3 Å². The monoisotopic (exact) mass is 331 g/mol. The zero-order chi connectivity index (χ0) is 16.5. The van der Waals surface area contributed by atoms with Crippen LogP contribution < -0.4 is 10.1 Å². The smallest absolute Gasteiger partial charge is 0.220 e. The Balaban J connectivity index is 1.62. The van der Waals surface area contributed by atoms with Crippen molar-refractivity contribution in [3.8, 4) is 5.75 Å². The average molecular weight is 331 g/mol.